The molecule has 3 rings (SSSR count). The van der Waals surface area contributed by atoms with Gasteiger partial charge >= 0.3 is 5.63 Å². The van der Waals surface area contributed by atoms with Crippen molar-refractivity contribution in [1.82, 2.24) is 4.57 Å². The third kappa shape index (κ3) is 1.80. The van der Waals surface area contributed by atoms with Crippen LogP contribution in [-0.2, 0) is 0 Å². The van der Waals surface area contributed by atoms with E-state index in [0.29, 0.717) is 11.4 Å². The van der Waals surface area contributed by atoms with Crippen LogP contribution in [0.5, 0.6) is 5.75 Å². The van der Waals surface area contributed by atoms with Crippen LogP contribution in [0, 0.1) is 6.92 Å². The second-order valence-corrected chi connectivity index (χ2v) is 4.45. The Morgan fingerprint density at radius 1 is 1.10 bits per heavy atom. The van der Waals surface area contributed by atoms with E-state index in [1.165, 1.54) is 4.57 Å². The zero-order valence-electron chi connectivity index (χ0n) is 10.7. The number of aryl methyl sites for hydroxylation is 1. The Balaban J connectivity index is 2.47. The molecule has 1 aromatic carbocycles. The molecule has 0 bridgehead atoms. The van der Waals surface area contributed by atoms with Crippen molar-refractivity contribution in [3.05, 3.63) is 68.9 Å². The fourth-order valence-electron chi connectivity index (χ4n) is 2.24. The number of hydrogen-bond donors (Lipinski definition) is 1. The first-order valence-electron chi connectivity index (χ1n) is 6.03. The van der Waals surface area contributed by atoms with Crippen molar-refractivity contribution in [2.24, 2.45) is 0 Å². The largest absolute Gasteiger partial charge is 0.507 e. The summed E-state index contributed by atoms with van der Waals surface area (Å²) in [5.41, 5.74) is 0.272. The van der Waals surface area contributed by atoms with Gasteiger partial charge in [-0.3, -0.25) is 9.36 Å². The molecule has 0 saturated heterocycles. The van der Waals surface area contributed by atoms with Gasteiger partial charge in [0, 0.05) is 17.4 Å². The van der Waals surface area contributed by atoms with Gasteiger partial charge in [-0.25, -0.2) is 4.79 Å². The van der Waals surface area contributed by atoms with Gasteiger partial charge in [-0.15, -0.1) is 0 Å². The predicted molar refractivity (Wildman–Crippen MR) is 74.5 cm³/mol. The average Bonchev–Trinajstić information content (AvgIpc) is 2.38. The molecule has 0 unspecified atom stereocenters. The maximum Gasteiger partial charge on any atom is 0.339 e. The summed E-state index contributed by atoms with van der Waals surface area (Å²) >= 11 is 0. The van der Waals surface area contributed by atoms with E-state index in [1.807, 2.05) is 18.2 Å². The normalized spacial score (nSPS) is 10.8. The third-order valence-corrected chi connectivity index (χ3v) is 3.09. The molecular weight excluding hydrogens is 258 g/mol. The van der Waals surface area contributed by atoms with E-state index in [0.717, 1.165) is 6.07 Å². The van der Waals surface area contributed by atoms with Gasteiger partial charge in [-0.05, 0) is 19.1 Å². The summed E-state index contributed by atoms with van der Waals surface area (Å²) in [5, 5.41) is 9.82. The van der Waals surface area contributed by atoms with Gasteiger partial charge in [-0.1, -0.05) is 18.2 Å². The lowest BCUT2D eigenvalue weighted by Crippen LogP contribution is -2.21. The molecule has 2 aromatic heterocycles. The molecule has 5 heteroatoms. The number of aromatic hydroxyl groups is 1. The van der Waals surface area contributed by atoms with Crippen LogP contribution in [-0.4, -0.2) is 9.67 Å². The first-order chi connectivity index (χ1) is 9.58. The third-order valence-electron chi connectivity index (χ3n) is 3.09. The molecule has 5 nitrogen and oxygen atoms in total. The lowest BCUT2D eigenvalue weighted by atomic mass is 10.2. The van der Waals surface area contributed by atoms with Crippen LogP contribution < -0.4 is 11.2 Å². The Labute approximate surface area is 113 Å². The zero-order chi connectivity index (χ0) is 14.3. The Morgan fingerprint density at radius 2 is 1.80 bits per heavy atom. The number of benzene rings is 1. The fraction of sp³-hybridized carbons (Fsp3) is 0.0667. The van der Waals surface area contributed by atoms with Gasteiger partial charge in [0.25, 0.3) is 5.56 Å². The van der Waals surface area contributed by atoms with Gasteiger partial charge in [0.1, 0.15) is 16.7 Å². The molecule has 0 aliphatic heterocycles. The Morgan fingerprint density at radius 3 is 2.50 bits per heavy atom. The Bertz CT molecular complexity index is 907. The van der Waals surface area contributed by atoms with Crippen LogP contribution in [0.1, 0.15) is 5.69 Å². The standard InChI is InChI=1S/C15H11NO4/c1-9-7-12-14(11(17)8-13(18)20-12)15(19)16(9)10-5-3-2-4-6-10/h2-8,17H,1H3. The minimum absolute atomic E-state index is 0.000877. The van der Waals surface area contributed by atoms with E-state index in [2.05, 4.69) is 0 Å². The number of rotatable bonds is 1. The van der Waals surface area contributed by atoms with Gasteiger partial charge in [0.05, 0.1) is 6.07 Å². The van der Waals surface area contributed by atoms with Crippen LogP contribution in [0.15, 0.2) is 56.5 Å². The SMILES string of the molecule is Cc1cc2oc(=O)cc(O)c2c(=O)n1-c1ccccc1. The minimum atomic E-state index is -0.689. The average molecular weight is 269 g/mol. The highest BCUT2D eigenvalue weighted by Gasteiger charge is 2.14. The zero-order valence-corrected chi connectivity index (χ0v) is 10.7. The topological polar surface area (TPSA) is 72.4 Å². The fourth-order valence-corrected chi connectivity index (χ4v) is 2.24. The van der Waals surface area contributed by atoms with Crippen LogP contribution in [0.2, 0.25) is 0 Å². The molecule has 0 amide bonds. The number of para-hydroxylation sites is 1. The highest BCUT2D eigenvalue weighted by atomic mass is 16.4. The first kappa shape index (κ1) is 12.2. The Kier molecular flexibility index (Phi) is 2.68. The van der Waals surface area contributed by atoms with Crippen LogP contribution in [0.4, 0.5) is 0 Å². The van der Waals surface area contributed by atoms with Crippen molar-refractivity contribution >= 4 is 11.0 Å². The maximum absolute atomic E-state index is 12.5. The van der Waals surface area contributed by atoms with Crippen molar-refractivity contribution in [2.45, 2.75) is 6.92 Å². The van der Waals surface area contributed by atoms with E-state index >= 15 is 0 Å². The summed E-state index contributed by atoms with van der Waals surface area (Å²) in [4.78, 5) is 23.8. The Hall–Kier alpha value is -2.82. The summed E-state index contributed by atoms with van der Waals surface area (Å²) in [6.07, 6.45) is 0. The number of nitrogens with zero attached hydrogens (tertiary/aromatic N) is 1. The van der Waals surface area contributed by atoms with E-state index < -0.39 is 11.2 Å². The second kappa shape index (κ2) is 4.38. The maximum atomic E-state index is 12.5. The molecule has 20 heavy (non-hydrogen) atoms. The van der Waals surface area contributed by atoms with Crippen molar-refractivity contribution < 1.29 is 9.52 Å². The monoisotopic (exact) mass is 269 g/mol. The molecule has 3 aromatic rings. The summed E-state index contributed by atoms with van der Waals surface area (Å²) in [6.45, 7) is 1.73. The summed E-state index contributed by atoms with van der Waals surface area (Å²) in [7, 11) is 0. The molecule has 2 heterocycles. The molecule has 0 aliphatic carbocycles. The van der Waals surface area contributed by atoms with Crippen molar-refractivity contribution in [2.75, 3.05) is 0 Å². The van der Waals surface area contributed by atoms with Gasteiger partial charge in [-0.2, -0.15) is 0 Å². The lowest BCUT2D eigenvalue weighted by Gasteiger charge is -2.11. The summed E-state index contributed by atoms with van der Waals surface area (Å²) in [6, 6.07) is 11.5. The molecule has 0 atom stereocenters. The highest BCUT2D eigenvalue weighted by Crippen LogP contribution is 2.21. The number of pyridine rings is 1. The molecule has 100 valence electrons. The van der Waals surface area contributed by atoms with Crippen LogP contribution >= 0.6 is 0 Å². The van der Waals surface area contributed by atoms with Crippen LogP contribution in [0.3, 0.4) is 0 Å². The predicted octanol–water partition coefficient (Wildman–Crippen LogP) is 1.96. The van der Waals surface area contributed by atoms with Gasteiger partial charge < -0.3 is 9.52 Å². The first-order valence-corrected chi connectivity index (χ1v) is 6.03. The molecule has 0 aliphatic rings. The second-order valence-electron chi connectivity index (χ2n) is 4.45. The van der Waals surface area contributed by atoms with E-state index in [1.54, 1.807) is 25.1 Å². The van der Waals surface area contributed by atoms with E-state index in [4.69, 9.17) is 4.42 Å². The molecular formula is C15H11NO4. The number of hydrogen-bond acceptors (Lipinski definition) is 4. The number of fused-ring (bicyclic) bond motifs is 1. The van der Waals surface area contributed by atoms with Gasteiger partial charge in [0.15, 0.2) is 0 Å². The molecule has 0 fully saturated rings. The summed E-state index contributed by atoms with van der Waals surface area (Å²) < 4.78 is 6.43. The van der Waals surface area contributed by atoms with Crippen LogP contribution in [0.25, 0.3) is 16.7 Å². The molecule has 0 saturated carbocycles. The van der Waals surface area contributed by atoms with Crippen molar-refractivity contribution in [1.29, 1.82) is 0 Å². The van der Waals surface area contributed by atoms with Gasteiger partial charge in [0.2, 0.25) is 0 Å². The van der Waals surface area contributed by atoms with Crippen molar-refractivity contribution in [3.8, 4) is 11.4 Å². The van der Waals surface area contributed by atoms with Crippen molar-refractivity contribution in [3.63, 3.8) is 0 Å². The van der Waals surface area contributed by atoms with E-state index in [9.17, 15) is 14.7 Å². The molecule has 0 spiro atoms. The quantitative estimate of drug-likeness (QED) is 0.733. The summed E-state index contributed by atoms with van der Waals surface area (Å²) in [5.74, 6) is -0.370. The smallest absolute Gasteiger partial charge is 0.339 e. The number of aromatic nitrogens is 1. The molecule has 1 N–H and O–H groups in total. The molecule has 0 radical (unpaired) electrons. The highest BCUT2D eigenvalue weighted by molar-refractivity contribution is 5.82. The van der Waals surface area contributed by atoms with E-state index in [-0.39, 0.29) is 16.7 Å². The lowest BCUT2D eigenvalue weighted by molar-refractivity contribution is 0.467. The minimum Gasteiger partial charge on any atom is -0.507 e.